The zero-order chi connectivity index (χ0) is 48.0. The zero-order valence-corrected chi connectivity index (χ0v) is 35.2. The third kappa shape index (κ3) is 5.59. The van der Waals surface area contributed by atoms with E-state index in [1.807, 2.05) is 0 Å². The number of Topliss-reactive ketones (excluding diaryl/α,β-unsaturated/α-hetero) is 4. The molecule has 0 saturated heterocycles. The van der Waals surface area contributed by atoms with Gasteiger partial charge in [-0.3, -0.25) is 38.6 Å². The molecule has 6 aliphatic carbocycles. The summed E-state index contributed by atoms with van der Waals surface area (Å²) in [5.74, 6) is -21.9. The van der Waals surface area contributed by atoms with Gasteiger partial charge in [-0.1, -0.05) is 36.9 Å². The lowest BCUT2D eigenvalue weighted by Gasteiger charge is -2.54. The van der Waals surface area contributed by atoms with Crippen molar-refractivity contribution < 1.29 is 79.5 Å². The second-order valence-corrected chi connectivity index (χ2v) is 17.4. The van der Waals surface area contributed by atoms with E-state index < -0.39 is 163 Å². The van der Waals surface area contributed by atoms with Crippen molar-refractivity contribution in [3.63, 3.8) is 0 Å². The highest BCUT2D eigenvalue weighted by molar-refractivity contribution is 6.34. The van der Waals surface area contributed by atoms with Gasteiger partial charge in [0, 0.05) is 22.4 Å². The van der Waals surface area contributed by atoms with Crippen LogP contribution in [0.25, 0.3) is 16.9 Å². The molecule has 13 N–H and O–H groups in total. The van der Waals surface area contributed by atoms with Gasteiger partial charge in [0.15, 0.2) is 28.6 Å². The number of carbonyl (C=O) groups is 6. The molecule has 1 saturated carbocycles. The number of nitrogens with two attached hydrogens (primary N) is 2. The highest BCUT2D eigenvalue weighted by Gasteiger charge is 2.70. The van der Waals surface area contributed by atoms with Crippen LogP contribution in [0.3, 0.4) is 0 Å². The number of primary amides is 2. The van der Waals surface area contributed by atoms with E-state index in [2.05, 4.69) is 13.2 Å². The minimum Gasteiger partial charge on any atom is -0.508 e. The topological polar surface area (TPSA) is 352 Å². The number of benzene rings is 2. The molecular weight excluding hydrogens is 876 g/mol. The normalized spacial score (nSPS) is 32.0. The fourth-order valence-electron chi connectivity index (χ4n) is 10.8. The predicted octanol–water partition coefficient (Wildman–Crippen LogP) is -0.579. The lowest BCUT2D eigenvalue weighted by atomic mass is 9.55. The van der Waals surface area contributed by atoms with Gasteiger partial charge in [0.1, 0.15) is 52.4 Å². The summed E-state index contributed by atoms with van der Waals surface area (Å²) in [6.45, 7) is 6.88. The van der Waals surface area contributed by atoms with Crippen LogP contribution in [0.1, 0.15) is 27.0 Å². The summed E-state index contributed by atoms with van der Waals surface area (Å²) < 4.78 is 6.21. The molecule has 0 aromatic heterocycles. The van der Waals surface area contributed by atoms with Crippen molar-refractivity contribution in [3.8, 4) is 11.5 Å². The molecule has 20 nitrogen and oxygen atoms in total. The molecule has 21 heteroatoms. The van der Waals surface area contributed by atoms with Gasteiger partial charge in [-0.15, -0.1) is 0 Å². The molecule has 8 rings (SSSR count). The number of hydrogen-bond acceptors (Lipinski definition) is 18. The summed E-state index contributed by atoms with van der Waals surface area (Å²) in [7, 11) is 3.75. The third-order valence-corrected chi connectivity index (χ3v) is 13.9. The van der Waals surface area contributed by atoms with E-state index in [0.717, 1.165) is 18.0 Å². The van der Waals surface area contributed by atoms with Gasteiger partial charge < -0.3 is 62.2 Å². The van der Waals surface area contributed by atoms with Gasteiger partial charge in [-0.05, 0) is 56.1 Å². The summed E-state index contributed by atoms with van der Waals surface area (Å²) in [5.41, 5.74) is -0.551. The van der Waals surface area contributed by atoms with E-state index in [1.165, 1.54) is 43.3 Å². The van der Waals surface area contributed by atoms with Crippen LogP contribution in [-0.4, -0.2) is 154 Å². The summed E-state index contributed by atoms with van der Waals surface area (Å²) in [6.07, 6.45) is -4.19. The number of aromatic hydroxyl groups is 2. The number of halogens is 1. The molecule has 2 aromatic rings. The van der Waals surface area contributed by atoms with Crippen LogP contribution in [0.5, 0.6) is 11.5 Å². The Kier molecular flexibility index (Phi) is 10.2. The summed E-state index contributed by atoms with van der Waals surface area (Å²) >= 11 is 6.51. The molecule has 0 heterocycles. The number of carbonyl (C=O) groups excluding carboxylic acids is 6. The third-order valence-electron chi connectivity index (χ3n) is 13.6. The molecule has 0 bridgehead atoms. The molecule has 340 valence electrons. The van der Waals surface area contributed by atoms with Crippen LogP contribution in [0, 0.1) is 23.7 Å². The van der Waals surface area contributed by atoms with Gasteiger partial charge in [-0.25, -0.2) is 0 Å². The number of ether oxygens (including phenoxy) is 1. The smallest absolute Gasteiger partial charge is 0.255 e. The van der Waals surface area contributed by atoms with Crippen LogP contribution in [-0.2, 0) is 28.7 Å². The average Bonchev–Trinajstić information content (AvgIpc) is 3.22. The average molecular weight is 917 g/mol. The number of ketones is 4. The number of hydrogen-bond donors (Lipinski definition) is 11. The number of rotatable bonds is 7. The molecule has 0 aliphatic heterocycles. The summed E-state index contributed by atoms with van der Waals surface area (Å²) in [4.78, 5) is 85.5. The van der Waals surface area contributed by atoms with Crippen molar-refractivity contribution in [2.75, 3.05) is 27.9 Å². The number of amides is 2. The van der Waals surface area contributed by atoms with Crippen molar-refractivity contribution in [3.05, 3.63) is 110 Å². The first-order valence-electron chi connectivity index (χ1n) is 19.7. The van der Waals surface area contributed by atoms with Crippen LogP contribution in [0.2, 0.25) is 5.02 Å². The van der Waals surface area contributed by atoms with Crippen molar-refractivity contribution in [2.24, 2.45) is 35.1 Å². The Labute approximate surface area is 372 Å². The molecule has 6 aliphatic rings. The quantitative estimate of drug-likeness (QED) is 0.122. The molecular formula is C44H41ClN4O16. The van der Waals surface area contributed by atoms with Crippen LogP contribution < -0.4 is 11.5 Å². The van der Waals surface area contributed by atoms with Crippen molar-refractivity contribution in [1.82, 2.24) is 9.80 Å². The molecule has 4 unspecified atom stereocenters. The van der Waals surface area contributed by atoms with E-state index in [1.54, 1.807) is 0 Å². The Morgan fingerprint density at radius 1 is 0.738 bits per heavy atom. The van der Waals surface area contributed by atoms with E-state index in [0.29, 0.717) is 0 Å². The molecule has 2 amide bonds. The maximum Gasteiger partial charge on any atom is 0.255 e. The molecule has 65 heavy (non-hydrogen) atoms. The number of fused-ring (bicyclic) bond motifs is 6. The molecule has 0 radical (unpaired) electrons. The number of phenolic OH excluding ortho intramolecular Hbond substituents is 2. The van der Waals surface area contributed by atoms with Gasteiger partial charge >= 0.3 is 0 Å². The van der Waals surface area contributed by atoms with E-state index in [4.69, 9.17) is 27.8 Å². The zero-order valence-electron chi connectivity index (χ0n) is 34.4. The predicted molar refractivity (Wildman–Crippen MR) is 224 cm³/mol. The Morgan fingerprint density at radius 3 is 1.83 bits per heavy atom. The number of aliphatic hydroxyl groups excluding tert-OH is 5. The second kappa shape index (κ2) is 14.7. The largest absolute Gasteiger partial charge is 0.508 e. The Balaban J connectivity index is 1.33. The van der Waals surface area contributed by atoms with Gasteiger partial charge in [0.05, 0.1) is 58.4 Å². The Bertz CT molecular complexity index is 2830. The van der Waals surface area contributed by atoms with Gasteiger partial charge in [-0.2, -0.15) is 0 Å². The highest BCUT2D eigenvalue weighted by atomic mass is 35.5. The standard InChI is InChI=1S/C44H41ClN4O16/c1-12-14-7-6-8-16(50)21(14)31(52)23-19(12)33(54)28-30(36(57)26(42(47)62)38(59)43(28,63)37(23)58)49(5)11-65-40-24-20(13(2)18-15(45)9-10-17(51)22(18)32(24)53)34(55)27-29(48(3)4)35(56)25(41(46)61)39(60)44(27,40)64/h6-10,19-20,27-30,33-34,50-52,54-55,59-60,63-64H,1-2,11H2,3-5H3,(H2,46,61)(H2,47,62)/t19?,20?,27-,28-,29?,30?,33+,34+,43+,44-/m1/s1. The minimum absolute atomic E-state index is 0.0598. The van der Waals surface area contributed by atoms with E-state index >= 15 is 0 Å². The highest BCUT2D eigenvalue weighted by Crippen LogP contribution is 2.59. The number of phenols is 2. The van der Waals surface area contributed by atoms with Gasteiger partial charge in [0.25, 0.3) is 11.8 Å². The minimum atomic E-state index is -3.43. The lowest BCUT2D eigenvalue weighted by Crippen LogP contribution is -2.70. The van der Waals surface area contributed by atoms with Crippen molar-refractivity contribution in [1.29, 1.82) is 0 Å². The molecule has 0 spiro atoms. The monoisotopic (exact) mass is 916 g/mol. The van der Waals surface area contributed by atoms with Crippen molar-refractivity contribution >= 4 is 63.5 Å². The number of aliphatic hydroxyl groups is 7. The maximum absolute atomic E-state index is 14.7. The van der Waals surface area contributed by atoms with Crippen LogP contribution >= 0.6 is 11.6 Å². The van der Waals surface area contributed by atoms with Gasteiger partial charge in [0.2, 0.25) is 5.78 Å². The van der Waals surface area contributed by atoms with Crippen LogP contribution in [0.4, 0.5) is 0 Å². The van der Waals surface area contributed by atoms with E-state index in [-0.39, 0.29) is 32.9 Å². The fraction of sp³-hybridized carbons (Fsp3) is 0.318. The molecule has 1 fully saturated rings. The lowest BCUT2D eigenvalue weighted by molar-refractivity contribution is -0.172. The molecule has 2 aromatic carbocycles. The first kappa shape index (κ1) is 44.9. The number of likely N-dealkylation sites (N-methyl/N-ethyl adjacent to an activating group) is 2. The Morgan fingerprint density at radius 2 is 1.26 bits per heavy atom. The summed E-state index contributed by atoms with van der Waals surface area (Å²) in [6, 6.07) is 2.43. The SMILES string of the molecule is C=C1c2c(Cl)ccc(O)c2C(=O)C2=C(OCN(C)C3C(=O)C(C(N)=O)=C(O)[C@@]4(O)C(=O)C5=C(O)c6c(O)cccc6C(=C)C5[C@H](O)[C@@H]34)[C@]3(O)C(O)=C(C(N)=O)C(=O)C(N(C)C)[C@@H]3[C@@H](O)C12. The first-order chi connectivity index (χ1) is 30.3. The first-order valence-corrected chi connectivity index (χ1v) is 20.0. The second-order valence-electron chi connectivity index (χ2n) is 17.0. The van der Waals surface area contributed by atoms with Crippen molar-refractivity contribution in [2.45, 2.75) is 35.5 Å². The summed E-state index contributed by atoms with van der Waals surface area (Å²) in [5, 5.41) is 106. The Hall–Kier alpha value is -6.65. The van der Waals surface area contributed by atoms with E-state index in [9.17, 15) is 74.7 Å². The maximum atomic E-state index is 14.7. The number of nitrogens with zero attached hydrogens (tertiary/aromatic N) is 2. The fourth-order valence-corrected chi connectivity index (χ4v) is 11.1. The molecule has 10 atom stereocenters. The van der Waals surface area contributed by atoms with Crippen LogP contribution in [0.15, 0.2) is 83.1 Å².